The topological polar surface area (TPSA) is 104 Å². The summed E-state index contributed by atoms with van der Waals surface area (Å²) in [5.41, 5.74) is 0.301. The van der Waals surface area contributed by atoms with Crippen LogP contribution in [0.3, 0.4) is 0 Å². The Kier molecular flexibility index (Phi) is 5.15. The maximum absolute atomic E-state index is 11.9. The molecular formula is C14H19N3O4S. The quantitative estimate of drug-likeness (QED) is 0.656. The first-order valence-corrected chi connectivity index (χ1v) is 8.58. The fourth-order valence-electron chi connectivity index (χ4n) is 1.83. The molecule has 0 aromatic heterocycles. The monoisotopic (exact) mass is 325 g/mol. The van der Waals surface area contributed by atoms with E-state index in [1.165, 1.54) is 24.3 Å². The highest BCUT2D eigenvalue weighted by Gasteiger charge is 2.23. The minimum absolute atomic E-state index is 0.0905. The van der Waals surface area contributed by atoms with Crippen molar-refractivity contribution < 1.29 is 18.0 Å². The molecule has 1 aliphatic rings. The molecule has 1 fully saturated rings. The van der Waals surface area contributed by atoms with E-state index < -0.39 is 15.9 Å². The van der Waals surface area contributed by atoms with E-state index in [1.807, 2.05) is 0 Å². The third kappa shape index (κ3) is 4.54. The molecule has 0 aliphatic heterocycles. The Bertz CT molecular complexity index is 651. The molecule has 0 heterocycles. The summed E-state index contributed by atoms with van der Waals surface area (Å²) in [5.74, 6) is -0.638. The summed E-state index contributed by atoms with van der Waals surface area (Å²) in [7, 11) is -3.53. The second-order valence-electron chi connectivity index (χ2n) is 5.05. The van der Waals surface area contributed by atoms with Crippen molar-refractivity contribution in [2.75, 3.05) is 13.1 Å². The van der Waals surface area contributed by atoms with Gasteiger partial charge in [-0.15, -0.1) is 0 Å². The van der Waals surface area contributed by atoms with Gasteiger partial charge < -0.3 is 10.6 Å². The van der Waals surface area contributed by atoms with Gasteiger partial charge in [0.2, 0.25) is 15.9 Å². The molecule has 1 saturated carbocycles. The smallest absolute Gasteiger partial charge is 0.251 e. The fourth-order valence-corrected chi connectivity index (χ4v) is 2.87. The van der Waals surface area contributed by atoms with Crippen LogP contribution in [0.25, 0.3) is 0 Å². The van der Waals surface area contributed by atoms with Gasteiger partial charge >= 0.3 is 0 Å². The Morgan fingerprint density at radius 3 is 2.36 bits per heavy atom. The van der Waals surface area contributed by atoms with E-state index in [2.05, 4.69) is 15.4 Å². The van der Waals surface area contributed by atoms with Crippen molar-refractivity contribution in [2.45, 2.75) is 30.7 Å². The van der Waals surface area contributed by atoms with Gasteiger partial charge in [-0.1, -0.05) is 6.92 Å². The van der Waals surface area contributed by atoms with Crippen molar-refractivity contribution >= 4 is 21.8 Å². The Hall–Kier alpha value is -1.93. The summed E-state index contributed by atoms with van der Waals surface area (Å²) in [6.45, 7) is 1.89. The summed E-state index contributed by atoms with van der Waals surface area (Å²) in [4.78, 5) is 23.4. The Morgan fingerprint density at radius 1 is 1.18 bits per heavy atom. The van der Waals surface area contributed by atoms with Crippen LogP contribution in [0.5, 0.6) is 0 Å². The van der Waals surface area contributed by atoms with Crippen LogP contribution in [-0.4, -0.2) is 39.4 Å². The molecule has 7 nitrogen and oxygen atoms in total. The maximum atomic E-state index is 11.9. The van der Waals surface area contributed by atoms with Gasteiger partial charge in [-0.3, -0.25) is 9.59 Å². The zero-order chi connectivity index (χ0) is 16.2. The first kappa shape index (κ1) is 16.4. The highest BCUT2D eigenvalue weighted by Crippen LogP contribution is 2.18. The lowest BCUT2D eigenvalue weighted by atomic mass is 10.2. The first-order chi connectivity index (χ1) is 10.4. The molecule has 3 N–H and O–H groups in total. The second-order valence-corrected chi connectivity index (χ2v) is 6.82. The number of amides is 2. The Labute approximate surface area is 129 Å². The largest absolute Gasteiger partial charge is 0.352 e. The summed E-state index contributed by atoms with van der Waals surface area (Å²) in [6, 6.07) is 5.80. The predicted molar refractivity (Wildman–Crippen MR) is 80.8 cm³/mol. The molecule has 1 aliphatic carbocycles. The van der Waals surface area contributed by atoms with Crippen LogP contribution >= 0.6 is 0 Å². The van der Waals surface area contributed by atoms with Gasteiger partial charge in [-0.2, -0.15) is 0 Å². The molecule has 2 rings (SSSR count). The summed E-state index contributed by atoms with van der Waals surface area (Å²) in [6.07, 6.45) is 1.98. The van der Waals surface area contributed by atoms with Crippen molar-refractivity contribution in [2.24, 2.45) is 0 Å². The molecule has 0 spiro atoms. The predicted octanol–water partition coefficient (Wildman–Crippen LogP) is -0.00680. The van der Waals surface area contributed by atoms with E-state index >= 15 is 0 Å². The van der Waals surface area contributed by atoms with Crippen LogP contribution in [0, 0.1) is 0 Å². The van der Waals surface area contributed by atoms with Crippen LogP contribution in [0.2, 0.25) is 0 Å². The average molecular weight is 325 g/mol. The van der Waals surface area contributed by atoms with Crippen molar-refractivity contribution in [3.8, 4) is 0 Å². The van der Waals surface area contributed by atoms with Crippen LogP contribution in [-0.2, 0) is 14.8 Å². The highest BCUT2D eigenvalue weighted by atomic mass is 32.2. The standard InChI is InChI=1S/C14H19N3O4S/c1-2-16-22(20,21)12-7-3-10(4-8-12)14(19)15-9-13(18)17-11-5-6-11/h3-4,7-8,11,16H,2,5-6,9H2,1H3,(H,15,19)(H,17,18). The molecule has 120 valence electrons. The van der Waals surface area contributed by atoms with Gasteiger partial charge in [0, 0.05) is 18.2 Å². The van der Waals surface area contributed by atoms with E-state index in [0.29, 0.717) is 12.1 Å². The average Bonchev–Trinajstić information content (AvgIpc) is 3.29. The van der Waals surface area contributed by atoms with E-state index in [4.69, 9.17) is 0 Å². The summed E-state index contributed by atoms with van der Waals surface area (Å²) < 4.78 is 25.9. The number of rotatable bonds is 7. The zero-order valence-corrected chi connectivity index (χ0v) is 13.1. The minimum Gasteiger partial charge on any atom is -0.352 e. The van der Waals surface area contributed by atoms with Gasteiger partial charge in [0.25, 0.3) is 5.91 Å². The maximum Gasteiger partial charge on any atom is 0.251 e. The number of hydrogen-bond acceptors (Lipinski definition) is 4. The third-order valence-corrected chi connectivity index (χ3v) is 4.67. The molecule has 0 radical (unpaired) electrons. The lowest BCUT2D eigenvalue weighted by Crippen LogP contribution is -2.37. The SMILES string of the molecule is CCNS(=O)(=O)c1ccc(C(=O)NCC(=O)NC2CC2)cc1. The molecule has 0 atom stereocenters. The van der Waals surface area contributed by atoms with Crippen molar-refractivity contribution in [1.82, 2.24) is 15.4 Å². The fraction of sp³-hybridized carbons (Fsp3) is 0.429. The number of benzene rings is 1. The molecule has 2 amide bonds. The van der Waals surface area contributed by atoms with Crippen LogP contribution in [0.4, 0.5) is 0 Å². The van der Waals surface area contributed by atoms with Crippen molar-refractivity contribution in [1.29, 1.82) is 0 Å². The van der Waals surface area contributed by atoms with Crippen molar-refractivity contribution in [3.63, 3.8) is 0 Å². The van der Waals surface area contributed by atoms with Gasteiger partial charge in [0.1, 0.15) is 0 Å². The Balaban J connectivity index is 1.91. The number of sulfonamides is 1. The van der Waals surface area contributed by atoms with Gasteiger partial charge in [-0.25, -0.2) is 13.1 Å². The zero-order valence-electron chi connectivity index (χ0n) is 12.3. The molecule has 1 aromatic carbocycles. The number of hydrogen-bond donors (Lipinski definition) is 3. The first-order valence-electron chi connectivity index (χ1n) is 7.09. The van der Waals surface area contributed by atoms with E-state index in [0.717, 1.165) is 12.8 Å². The van der Waals surface area contributed by atoms with Crippen LogP contribution < -0.4 is 15.4 Å². The molecule has 22 heavy (non-hydrogen) atoms. The summed E-state index contributed by atoms with van der Waals surface area (Å²) in [5, 5.41) is 5.26. The lowest BCUT2D eigenvalue weighted by Gasteiger charge is -2.07. The lowest BCUT2D eigenvalue weighted by molar-refractivity contribution is -0.120. The van der Waals surface area contributed by atoms with E-state index in [-0.39, 0.29) is 23.4 Å². The van der Waals surface area contributed by atoms with Crippen molar-refractivity contribution in [3.05, 3.63) is 29.8 Å². The second kappa shape index (κ2) is 6.89. The van der Waals surface area contributed by atoms with E-state index in [9.17, 15) is 18.0 Å². The molecular weight excluding hydrogens is 306 g/mol. The molecule has 1 aromatic rings. The normalized spacial score (nSPS) is 14.4. The minimum atomic E-state index is -3.53. The number of carbonyl (C=O) groups excluding carboxylic acids is 2. The third-order valence-electron chi connectivity index (χ3n) is 3.11. The van der Waals surface area contributed by atoms with Gasteiger partial charge in [0.05, 0.1) is 11.4 Å². The molecule has 8 heteroatoms. The number of carbonyl (C=O) groups is 2. The van der Waals surface area contributed by atoms with Gasteiger partial charge in [-0.05, 0) is 37.1 Å². The van der Waals surface area contributed by atoms with E-state index in [1.54, 1.807) is 6.92 Å². The van der Waals surface area contributed by atoms with Gasteiger partial charge in [0.15, 0.2) is 0 Å². The highest BCUT2D eigenvalue weighted by molar-refractivity contribution is 7.89. The van der Waals surface area contributed by atoms with Crippen LogP contribution in [0.15, 0.2) is 29.2 Å². The molecule has 0 saturated heterocycles. The molecule has 0 bridgehead atoms. The van der Waals surface area contributed by atoms with Crippen LogP contribution in [0.1, 0.15) is 30.1 Å². The molecule has 0 unspecified atom stereocenters. The number of nitrogens with one attached hydrogen (secondary N) is 3. The summed E-state index contributed by atoms with van der Waals surface area (Å²) >= 11 is 0. The Morgan fingerprint density at radius 2 is 1.82 bits per heavy atom.